The number of carboxylic acids is 1. The van der Waals surface area contributed by atoms with Gasteiger partial charge in [-0.3, -0.25) is 9.59 Å². The molecule has 0 aliphatic carbocycles. The summed E-state index contributed by atoms with van der Waals surface area (Å²) in [6, 6.07) is 0. The van der Waals surface area contributed by atoms with Crippen LogP contribution in [0.2, 0.25) is 0 Å². The summed E-state index contributed by atoms with van der Waals surface area (Å²) in [5, 5.41) is 11.7. The lowest BCUT2D eigenvalue weighted by Crippen LogP contribution is -2.44. The van der Waals surface area contributed by atoms with Gasteiger partial charge in [0.05, 0.1) is 40.3 Å². The Hall–Kier alpha value is -1.97. The lowest BCUT2D eigenvalue weighted by molar-refractivity contribution is -0.870. The van der Waals surface area contributed by atoms with Crippen LogP contribution in [0.3, 0.4) is 0 Å². The van der Waals surface area contributed by atoms with E-state index < -0.39 is 24.3 Å². The van der Waals surface area contributed by atoms with Gasteiger partial charge in [0, 0.05) is 12.8 Å². The Balaban J connectivity index is 4.36. The molecule has 0 aliphatic heterocycles. The van der Waals surface area contributed by atoms with Crippen LogP contribution in [0.4, 0.5) is 0 Å². The SMILES string of the molecule is CCCCCCCC/C=C\CCCCCCCCCCCC(=O)OC(COC(=O)CCCCCCCCCCC)COC(OCC[N+](C)(C)C)C(=O)[O-]. The summed E-state index contributed by atoms with van der Waals surface area (Å²) in [4.78, 5) is 36.8. The number of allylic oxidation sites excluding steroid dienone is 2. The van der Waals surface area contributed by atoms with Gasteiger partial charge >= 0.3 is 11.9 Å². The number of carbonyl (C=O) groups excluding carboxylic acids is 3. The van der Waals surface area contributed by atoms with E-state index >= 15 is 0 Å². The van der Waals surface area contributed by atoms with Gasteiger partial charge in [0.15, 0.2) is 12.4 Å². The summed E-state index contributed by atoms with van der Waals surface area (Å²) in [6.07, 6.45) is 33.9. The number of hydrogen-bond acceptors (Lipinski definition) is 8. The molecule has 2 atom stereocenters. The van der Waals surface area contributed by atoms with Gasteiger partial charge in [-0.2, -0.15) is 0 Å². The highest BCUT2D eigenvalue weighted by Crippen LogP contribution is 2.14. The third kappa shape index (κ3) is 38.1. The van der Waals surface area contributed by atoms with Crippen molar-refractivity contribution in [3.05, 3.63) is 12.2 Å². The molecule has 0 spiro atoms. The number of unbranched alkanes of at least 4 members (excludes halogenated alkanes) is 23. The van der Waals surface area contributed by atoms with E-state index in [1.165, 1.54) is 122 Å². The van der Waals surface area contributed by atoms with Crippen molar-refractivity contribution in [1.29, 1.82) is 0 Å². The van der Waals surface area contributed by atoms with Gasteiger partial charge in [0.25, 0.3) is 0 Å². The van der Waals surface area contributed by atoms with Crippen molar-refractivity contribution in [2.75, 3.05) is 47.5 Å². The van der Waals surface area contributed by atoms with Crippen LogP contribution >= 0.6 is 0 Å². The summed E-state index contributed by atoms with van der Waals surface area (Å²) >= 11 is 0. The first-order chi connectivity index (χ1) is 25.6. The van der Waals surface area contributed by atoms with Gasteiger partial charge in [-0.25, -0.2) is 0 Å². The molecule has 0 aromatic carbocycles. The monoisotopic (exact) mass is 754 g/mol. The molecule has 0 N–H and O–H groups in total. The summed E-state index contributed by atoms with van der Waals surface area (Å²) in [7, 11) is 5.90. The zero-order valence-corrected chi connectivity index (χ0v) is 35.2. The first-order valence-corrected chi connectivity index (χ1v) is 21.8. The van der Waals surface area contributed by atoms with Gasteiger partial charge in [-0.15, -0.1) is 0 Å². The predicted molar refractivity (Wildman–Crippen MR) is 214 cm³/mol. The van der Waals surface area contributed by atoms with Crippen molar-refractivity contribution in [1.82, 2.24) is 0 Å². The second kappa shape index (κ2) is 37.0. The van der Waals surface area contributed by atoms with Crippen LogP contribution in [0, 0.1) is 0 Å². The van der Waals surface area contributed by atoms with Gasteiger partial charge in [0.2, 0.25) is 0 Å². The first kappa shape index (κ1) is 51.0. The van der Waals surface area contributed by atoms with E-state index in [-0.39, 0.29) is 32.2 Å². The van der Waals surface area contributed by atoms with Crippen molar-refractivity contribution < 1.29 is 42.9 Å². The average molecular weight is 754 g/mol. The number of likely N-dealkylation sites (N-methyl/N-ethyl adjacent to an activating group) is 1. The molecule has 0 saturated heterocycles. The van der Waals surface area contributed by atoms with E-state index in [1.807, 2.05) is 21.1 Å². The Kier molecular flexibility index (Phi) is 35.6. The Morgan fingerprint density at radius 2 is 0.962 bits per heavy atom. The number of ether oxygens (including phenoxy) is 4. The molecule has 0 aromatic heterocycles. The highest BCUT2D eigenvalue weighted by Gasteiger charge is 2.21. The topological polar surface area (TPSA) is 111 Å². The molecular weight excluding hydrogens is 670 g/mol. The largest absolute Gasteiger partial charge is 0.545 e. The second-order valence-electron chi connectivity index (χ2n) is 16.0. The van der Waals surface area contributed by atoms with E-state index in [0.717, 1.165) is 38.5 Å². The minimum atomic E-state index is -1.61. The number of rotatable bonds is 40. The van der Waals surface area contributed by atoms with Crippen molar-refractivity contribution in [2.45, 2.75) is 206 Å². The van der Waals surface area contributed by atoms with E-state index in [9.17, 15) is 19.5 Å². The van der Waals surface area contributed by atoms with Gasteiger partial charge in [-0.05, 0) is 38.5 Å². The van der Waals surface area contributed by atoms with Crippen LogP contribution in [0.1, 0.15) is 194 Å². The maximum Gasteiger partial charge on any atom is 0.306 e. The van der Waals surface area contributed by atoms with Crippen LogP contribution in [0.25, 0.3) is 0 Å². The quantitative estimate of drug-likeness (QED) is 0.0200. The summed E-state index contributed by atoms with van der Waals surface area (Å²) in [5.74, 6) is -2.28. The highest BCUT2D eigenvalue weighted by molar-refractivity contribution is 5.70. The number of nitrogens with zero attached hydrogens (tertiary/aromatic N) is 1. The Bertz CT molecular complexity index is 887. The summed E-state index contributed by atoms with van der Waals surface area (Å²) < 4.78 is 22.5. The molecular formula is C44H83NO8. The lowest BCUT2D eigenvalue weighted by atomic mass is 10.1. The Morgan fingerprint density at radius 1 is 0.547 bits per heavy atom. The van der Waals surface area contributed by atoms with E-state index in [2.05, 4.69) is 26.0 Å². The fraction of sp³-hybridized carbons (Fsp3) is 0.886. The van der Waals surface area contributed by atoms with Gasteiger partial charge < -0.3 is 33.3 Å². The first-order valence-electron chi connectivity index (χ1n) is 21.8. The summed E-state index contributed by atoms with van der Waals surface area (Å²) in [5.41, 5.74) is 0. The van der Waals surface area contributed by atoms with Crippen LogP contribution < -0.4 is 5.11 Å². The minimum Gasteiger partial charge on any atom is -0.545 e. The fourth-order valence-corrected chi connectivity index (χ4v) is 6.06. The van der Waals surface area contributed by atoms with Crippen molar-refractivity contribution >= 4 is 17.9 Å². The number of quaternary nitrogens is 1. The van der Waals surface area contributed by atoms with E-state index in [4.69, 9.17) is 18.9 Å². The molecule has 53 heavy (non-hydrogen) atoms. The van der Waals surface area contributed by atoms with Crippen LogP contribution in [-0.2, 0) is 33.3 Å². The molecule has 9 heteroatoms. The standard InChI is InChI=1S/C44H83NO8/c1-6-8-10-12-14-16-17-18-19-20-21-22-23-24-25-27-29-31-33-35-42(47)53-40(39-52-44(43(48)49)50-37-36-45(3,4)5)38-51-41(46)34-32-30-28-26-15-13-11-9-7-2/h18-19,40,44H,6-17,20-39H2,1-5H3/b19-18-. The molecule has 0 rings (SSSR count). The number of esters is 2. The Morgan fingerprint density at radius 3 is 1.40 bits per heavy atom. The normalized spacial score (nSPS) is 13.0. The smallest absolute Gasteiger partial charge is 0.306 e. The lowest BCUT2D eigenvalue weighted by Gasteiger charge is -2.26. The van der Waals surface area contributed by atoms with Crippen molar-refractivity contribution in [3.8, 4) is 0 Å². The second-order valence-corrected chi connectivity index (χ2v) is 16.0. The molecule has 0 amide bonds. The maximum atomic E-state index is 12.7. The fourth-order valence-electron chi connectivity index (χ4n) is 6.06. The third-order valence-electron chi connectivity index (χ3n) is 9.51. The van der Waals surface area contributed by atoms with E-state index in [0.29, 0.717) is 23.9 Å². The molecule has 0 saturated carbocycles. The number of hydrogen-bond donors (Lipinski definition) is 0. The van der Waals surface area contributed by atoms with Gasteiger partial charge in [0.1, 0.15) is 13.2 Å². The van der Waals surface area contributed by atoms with Crippen LogP contribution in [-0.4, -0.2) is 82.3 Å². The zero-order chi connectivity index (χ0) is 39.3. The molecule has 0 fully saturated rings. The number of carbonyl (C=O) groups is 3. The minimum absolute atomic E-state index is 0.150. The number of carboxylic acid groups (broad SMARTS) is 1. The molecule has 0 heterocycles. The highest BCUT2D eigenvalue weighted by atomic mass is 16.7. The average Bonchev–Trinajstić information content (AvgIpc) is 3.11. The zero-order valence-electron chi connectivity index (χ0n) is 35.2. The Labute approximate surface area is 325 Å². The molecule has 0 aromatic rings. The molecule has 0 aliphatic rings. The number of aliphatic carboxylic acids is 1. The van der Waals surface area contributed by atoms with Crippen molar-refractivity contribution in [3.63, 3.8) is 0 Å². The summed E-state index contributed by atoms with van der Waals surface area (Å²) in [6.45, 7) is 4.72. The third-order valence-corrected chi connectivity index (χ3v) is 9.51. The molecule has 9 nitrogen and oxygen atoms in total. The molecule has 0 bridgehead atoms. The van der Waals surface area contributed by atoms with Gasteiger partial charge in [-0.1, -0.05) is 154 Å². The van der Waals surface area contributed by atoms with Crippen molar-refractivity contribution in [2.24, 2.45) is 0 Å². The predicted octanol–water partition coefficient (Wildman–Crippen LogP) is 9.78. The van der Waals surface area contributed by atoms with Crippen LogP contribution in [0.5, 0.6) is 0 Å². The molecule has 0 radical (unpaired) electrons. The maximum absolute atomic E-state index is 12.7. The molecule has 312 valence electrons. The van der Waals surface area contributed by atoms with Crippen LogP contribution in [0.15, 0.2) is 12.2 Å². The molecule has 2 unspecified atom stereocenters. The van der Waals surface area contributed by atoms with E-state index in [1.54, 1.807) is 0 Å².